The van der Waals surface area contributed by atoms with Crippen molar-refractivity contribution in [1.82, 2.24) is 9.55 Å². The number of ether oxygens (including phenoxy) is 1. The van der Waals surface area contributed by atoms with Gasteiger partial charge in [0, 0.05) is 17.7 Å². The topological polar surface area (TPSA) is 84.3 Å². The quantitative estimate of drug-likeness (QED) is 0.721. The standard InChI is InChI=1S/C12H16N2O4/c1-6-4-14(12(17)13-10(6)16)11-8(3)7(2)9(5-15)18-11/h4,8-9,11,15H,2,5H2,1,3H3,(H,13,16,17)/t8-,9-,11-/m1/s1. The number of rotatable bonds is 2. The maximum Gasteiger partial charge on any atom is 0.330 e. The van der Waals surface area contributed by atoms with E-state index in [1.807, 2.05) is 6.92 Å². The van der Waals surface area contributed by atoms with Crippen LogP contribution < -0.4 is 11.2 Å². The zero-order valence-corrected chi connectivity index (χ0v) is 10.3. The summed E-state index contributed by atoms with van der Waals surface area (Å²) in [6.07, 6.45) is 0.455. The molecular weight excluding hydrogens is 236 g/mol. The van der Waals surface area contributed by atoms with Gasteiger partial charge in [0.2, 0.25) is 0 Å². The highest BCUT2D eigenvalue weighted by molar-refractivity contribution is 5.14. The monoisotopic (exact) mass is 252 g/mol. The Morgan fingerprint density at radius 2 is 2.22 bits per heavy atom. The summed E-state index contributed by atoms with van der Waals surface area (Å²) in [7, 11) is 0. The Balaban J connectivity index is 2.45. The van der Waals surface area contributed by atoms with E-state index >= 15 is 0 Å². The van der Waals surface area contributed by atoms with Crippen molar-refractivity contribution in [3.05, 3.63) is 44.8 Å². The summed E-state index contributed by atoms with van der Waals surface area (Å²) in [4.78, 5) is 25.3. The van der Waals surface area contributed by atoms with Crippen LogP contribution in [0.4, 0.5) is 0 Å². The zero-order valence-electron chi connectivity index (χ0n) is 10.3. The summed E-state index contributed by atoms with van der Waals surface area (Å²) in [5, 5.41) is 9.16. The maximum atomic E-state index is 11.8. The highest BCUT2D eigenvalue weighted by Gasteiger charge is 2.37. The summed E-state index contributed by atoms with van der Waals surface area (Å²) >= 11 is 0. The largest absolute Gasteiger partial charge is 0.393 e. The summed E-state index contributed by atoms with van der Waals surface area (Å²) in [6.45, 7) is 7.18. The number of nitrogens with zero attached hydrogens (tertiary/aromatic N) is 1. The number of hydrogen-bond donors (Lipinski definition) is 2. The van der Waals surface area contributed by atoms with E-state index in [-0.39, 0.29) is 12.5 Å². The molecule has 2 rings (SSSR count). The predicted molar refractivity (Wildman–Crippen MR) is 65.4 cm³/mol. The summed E-state index contributed by atoms with van der Waals surface area (Å²) in [5.74, 6) is -0.106. The number of H-pyrrole nitrogens is 1. The van der Waals surface area contributed by atoms with Crippen molar-refractivity contribution in [1.29, 1.82) is 0 Å². The Kier molecular flexibility index (Phi) is 3.23. The fourth-order valence-electron chi connectivity index (χ4n) is 2.09. The normalized spacial score (nSPS) is 27.7. The lowest BCUT2D eigenvalue weighted by Crippen LogP contribution is -2.34. The Morgan fingerprint density at radius 3 is 2.78 bits per heavy atom. The van der Waals surface area contributed by atoms with Gasteiger partial charge in [0.15, 0.2) is 0 Å². The van der Waals surface area contributed by atoms with E-state index in [4.69, 9.17) is 9.84 Å². The fourth-order valence-corrected chi connectivity index (χ4v) is 2.09. The first-order valence-corrected chi connectivity index (χ1v) is 5.72. The minimum Gasteiger partial charge on any atom is -0.393 e. The molecule has 3 atom stereocenters. The Bertz CT molecular complexity index is 586. The fraction of sp³-hybridized carbons (Fsp3) is 0.500. The van der Waals surface area contributed by atoms with Gasteiger partial charge in [-0.05, 0) is 12.5 Å². The molecule has 0 unspecified atom stereocenters. The molecule has 2 N–H and O–H groups in total. The molecule has 98 valence electrons. The predicted octanol–water partition coefficient (Wildman–Crippen LogP) is -0.0730. The smallest absolute Gasteiger partial charge is 0.330 e. The highest BCUT2D eigenvalue weighted by atomic mass is 16.5. The van der Waals surface area contributed by atoms with Crippen molar-refractivity contribution < 1.29 is 9.84 Å². The van der Waals surface area contributed by atoms with Crippen LogP contribution in [0.1, 0.15) is 18.7 Å². The van der Waals surface area contributed by atoms with Crippen molar-refractivity contribution >= 4 is 0 Å². The van der Waals surface area contributed by atoms with Crippen LogP contribution in [-0.4, -0.2) is 27.4 Å². The second-order valence-electron chi connectivity index (χ2n) is 4.54. The van der Waals surface area contributed by atoms with Gasteiger partial charge in [-0.3, -0.25) is 14.3 Å². The molecular formula is C12H16N2O4. The van der Waals surface area contributed by atoms with Gasteiger partial charge in [0.1, 0.15) is 12.3 Å². The summed E-state index contributed by atoms with van der Waals surface area (Å²) < 4.78 is 6.92. The van der Waals surface area contributed by atoms with E-state index in [2.05, 4.69) is 11.6 Å². The first-order chi connectivity index (χ1) is 8.45. The van der Waals surface area contributed by atoms with E-state index in [1.165, 1.54) is 10.8 Å². The van der Waals surface area contributed by atoms with Crippen LogP contribution in [0.25, 0.3) is 0 Å². The second kappa shape index (κ2) is 4.55. The number of hydrogen-bond acceptors (Lipinski definition) is 4. The molecule has 0 bridgehead atoms. The summed E-state index contributed by atoms with van der Waals surface area (Å²) in [5.41, 5.74) is 0.259. The van der Waals surface area contributed by atoms with E-state index in [9.17, 15) is 9.59 Å². The number of aliphatic hydroxyl groups excluding tert-OH is 1. The Morgan fingerprint density at radius 1 is 1.56 bits per heavy atom. The van der Waals surface area contributed by atoms with Crippen molar-refractivity contribution in [2.45, 2.75) is 26.2 Å². The van der Waals surface area contributed by atoms with Crippen molar-refractivity contribution in [2.75, 3.05) is 6.61 Å². The third-order valence-electron chi connectivity index (χ3n) is 3.32. The molecule has 2 heterocycles. The number of aryl methyl sites for hydroxylation is 1. The van der Waals surface area contributed by atoms with E-state index in [1.54, 1.807) is 6.92 Å². The van der Waals surface area contributed by atoms with Crippen LogP contribution in [0.2, 0.25) is 0 Å². The van der Waals surface area contributed by atoms with Crippen molar-refractivity contribution in [2.24, 2.45) is 5.92 Å². The van der Waals surface area contributed by atoms with Gasteiger partial charge in [-0.1, -0.05) is 13.5 Å². The minimum absolute atomic E-state index is 0.106. The number of aromatic nitrogens is 2. The van der Waals surface area contributed by atoms with Crippen molar-refractivity contribution in [3.8, 4) is 0 Å². The molecule has 1 aliphatic rings. The molecule has 1 aromatic heterocycles. The van der Waals surface area contributed by atoms with Gasteiger partial charge in [0.25, 0.3) is 5.56 Å². The lowest BCUT2D eigenvalue weighted by Gasteiger charge is -2.17. The number of aromatic amines is 1. The average Bonchev–Trinajstić information content (AvgIpc) is 2.61. The third kappa shape index (κ3) is 1.93. The molecule has 0 spiro atoms. The second-order valence-corrected chi connectivity index (χ2v) is 4.54. The van der Waals surface area contributed by atoms with Gasteiger partial charge >= 0.3 is 5.69 Å². The molecule has 6 heteroatoms. The van der Waals surface area contributed by atoms with Gasteiger partial charge in [0.05, 0.1) is 6.61 Å². The molecule has 6 nitrogen and oxygen atoms in total. The minimum atomic E-state index is -0.544. The molecule has 1 saturated heterocycles. The molecule has 0 radical (unpaired) electrons. The molecule has 0 aromatic carbocycles. The Hall–Kier alpha value is -1.66. The number of nitrogens with one attached hydrogen (secondary N) is 1. The van der Waals surface area contributed by atoms with Crippen LogP contribution in [0.3, 0.4) is 0 Å². The van der Waals surface area contributed by atoms with Crippen LogP contribution in [0.15, 0.2) is 27.9 Å². The average molecular weight is 252 g/mol. The zero-order chi connectivity index (χ0) is 13.4. The molecule has 0 saturated carbocycles. The molecule has 1 fully saturated rings. The lowest BCUT2D eigenvalue weighted by atomic mass is 10.0. The van der Waals surface area contributed by atoms with Gasteiger partial charge in [-0.15, -0.1) is 0 Å². The summed E-state index contributed by atoms with van der Waals surface area (Å²) in [6, 6.07) is 0. The third-order valence-corrected chi connectivity index (χ3v) is 3.32. The molecule has 1 aliphatic heterocycles. The first-order valence-electron chi connectivity index (χ1n) is 5.72. The van der Waals surface area contributed by atoms with E-state index < -0.39 is 23.6 Å². The molecule has 0 amide bonds. The van der Waals surface area contributed by atoms with Crippen LogP contribution in [0, 0.1) is 12.8 Å². The molecule has 1 aromatic rings. The van der Waals surface area contributed by atoms with Crippen LogP contribution in [-0.2, 0) is 4.74 Å². The van der Waals surface area contributed by atoms with Gasteiger partial charge in [-0.2, -0.15) is 0 Å². The van der Waals surface area contributed by atoms with E-state index in [0.717, 1.165) is 5.57 Å². The highest BCUT2D eigenvalue weighted by Crippen LogP contribution is 2.36. The van der Waals surface area contributed by atoms with Crippen LogP contribution in [0.5, 0.6) is 0 Å². The van der Waals surface area contributed by atoms with Crippen molar-refractivity contribution in [3.63, 3.8) is 0 Å². The first kappa shape index (κ1) is 12.8. The number of aliphatic hydroxyl groups is 1. The SMILES string of the molecule is C=C1[C@@H](C)[C@H](n2cc(C)c(=O)[nH]c2=O)O[C@@H]1CO. The molecule has 18 heavy (non-hydrogen) atoms. The van der Waals surface area contributed by atoms with Gasteiger partial charge < -0.3 is 9.84 Å². The lowest BCUT2D eigenvalue weighted by molar-refractivity contribution is -0.0306. The Labute approximate surface area is 104 Å². The van der Waals surface area contributed by atoms with Gasteiger partial charge in [-0.25, -0.2) is 4.79 Å². The molecule has 0 aliphatic carbocycles. The van der Waals surface area contributed by atoms with Crippen LogP contribution >= 0.6 is 0 Å². The maximum absolute atomic E-state index is 11.8. The van der Waals surface area contributed by atoms with E-state index in [0.29, 0.717) is 5.56 Å².